The van der Waals surface area contributed by atoms with Crippen LogP contribution < -0.4 is 5.32 Å². The quantitative estimate of drug-likeness (QED) is 0.600. The SMILES string of the molecule is Cc1cc(SCC(=O)Nc2ccccc2F)nc2ccc(S(=O)(=O)N(C)C)cc12. The van der Waals surface area contributed by atoms with E-state index in [0.717, 1.165) is 15.3 Å². The van der Waals surface area contributed by atoms with E-state index in [4.69, 9.17) is 0 Å². The Kier molecular flexibility index (Phi) is 6.21. The first-order valence-electron chi connectivity index (χ1n) is 8.69. The zero-order valence-electron chi connectivity index (χ0n) is 16.1. The maximum absolute atomic E-state index is 13.6. The molecule has 3 rings (SSSR count). The van der Waals surface area contributed by atoms with E-state index >= 15 is 0 Å². The van der Waals surface area contributed by atoms with Crippen molar-refractivity contribution in [3.63, 3.8) is 0 Å². The number of nitrogens with zero attached hydrogens (tertiary/aromatic N) is 2. The first-order chi connectivity index (χ1) is 13.7. The molecular weight excluding hydrogens is 413 g/mol. The molecule has 0 saturated heterocycles. The number of benzene rings is 2. The molecule has 1 N–H and O–H groups in total. The zero-order chi connectivity index (χ0) is 21.2. The fourth-order valence-electron chi connectivity index (χ4n) is 2.68. The van der Waals surface area contributed by atoms with Gasteiger partial charge in [0, 0.05) is 19.5 Å². The van der Waals surface area contributed by atoms with Gasteiger partial charge in [0.1, 0.15) is 5.82 Å². The van der Waals surface area contributed by atoms with E-state index in [-0.39, 0.29) is 22.2 Å². The summed E-state index contributed by atoms with van der Waals surface area (Å²) in [5, 5.41) is 3.89. The van der Waals surface area contributed by atoms with E-state index in [9.17, 15) is 17.6 Å². The number of fused-ring (bicyclic) bond motifs is 1. The number of nitrogens with one attached hydrogen (secondary N) is 1. The molecule has 0 saturated carbocycles. The second-order valence-corrected chi connectivity index (χ2v) is 9.71. The maximum atomic E-state index is 13.6. The lowest BCUT2D eigenvalue weighted by Crippen LogP contribution is -2.22. The predicted molar refractivity (Wildman–Crippen MR) is 113 cm³/mol. The summed E-state index contributed by atoms with van der Waals surface area (Å²) in [5.74, 6) is -0.764. The lowest BCUT2D eigenvalue weighted by atomic mass is 10.1. The minimum absolute atomic E-state index is 0.0688. The lowest BCUT2D eigenvalue weighted by molar-refractivity contribution is -0.113. The van der Waals surface area contributed by atoms with Crippen LogP contribution in [0.4, 0.5) is 10.1 Å². The van der Waals surface area contributed by atoms with Crippen LogP contribution >= 0.6 is 11.8 Å². The van der Waals surface area contributed by atoms with Crippen LogP contribution in [-0.2, 0) is 14.8 Å². The minimum atomic E-state index is -3.53. The highest BCUT2D eigenvalue weighted by molar-refractivity contribution is 7.99. The Bertz CT molecular complexity index is 1180. The molecule has 1 heterocycles. The number of rotatable bonds is 6. The molecule has 152 valence electrons. The summed E-state index contributed by atoms with van der Waals surface area (Å²) in [4.78, 5) is 16.8. The van der Waals surface area contributed by atoms with Crippen LogP contribution in [0.15, 0.2) is 58.5 Å². The number of aromatic nitrogens is 1. The average Bonchev–Trinajstić information content (AvgIpc) is 2.68. The molecule has 0 spiro atoms. The van der Waals surface area contributed by atoms with Crippen molar-refractivity contribution in [2.24, 2.45) is 0 Å². The Morgan fingerprint density at radius 1 is 1.17 bits per heavy atom. The Hall–Kier alpha value is -2.49. The van der Waals surface area contributed by atoms with E-state index in [0.29, 0.717) is 10.5 Å². The van der Waals surface area contributed by atoms with Crippen LogP contribution in [0.2, 0.25) is 0 Å². The van der Waals surface area contributed by atoms with Crippen LogP contribution in [0, 0.1) is 12.7 Å². The largest absolute Gasteiger partial charge is 0.323 e. The van der Waals surface area contributed by atoms with Crippen molar-refractivity contribution >= 4 is 44.3 Å². The van der Waals surface area contributed by atoms with Gasteiger partial charge in [-0.3, -0.25) is 4.79 Å². The molecule has 0 radical (unpaired) electrons. The topological polar surface area (TPSA) is 79.4 Å². The number of carbonyl (C=O) groups excluding carboxylic acids is 1. The van der Waals surface area contributed by atoms with Crippen molar-refractivity contribution in [2.45, 2.75) is 16.8 Å². The van der Waals surface area contributed by atoms with Crippen molar-refractivity contribution in [2.75, 3.05) is 25.2 Å². The molecule has 0 aliphatic rings. The summed E-state index contributed by atoms with van der Waals surface area (Å²) in [6.45, 7) is 1.86. The number of pyridine rings is 1. The number of hydrogen-bond acceptors (Lipinski definition) is 5. The van der Waals surface area contributed by atoms with Gasteiger partial charge < -0.3 is 5.32 Å². The van der Waals surface area contributed by atoms with Gasteiger partial charge in [-0.15, -0.1) is 0 Å². The Morgan fingerprint density at radius 2 is 1.90 bits per heavy atom. The second-order valence-electron chi connectivity index (χ2n) is 6.56. The molecule has 0 aliphatic heterocycles. The Morgan fingerprint density at radius 3 is 2.59 bits per heavy atom. The third-order valence-electron chi connectivity index (χ3n) is 4.24. The maximum Gasteiger partial charge on any atom is 0.242 e. The minimum Gasteiger partial charge on any atom is -0.323 e. The number of amides is 1. The number of aryl methyl sites for hydroxylation is 1. The van der Waals surface area contributed by atoms with E-state index in [2.05, 4.69) is 10.3 Å². The van der Waals surface area contributed by atoms with Gasteiger partial charge in [0.2, 0.25) is 15.9 Å². The summed E-state index contributed by atoms with van der Waals surface area (Å²) < 4.78 is 39.5. The van der Waals surface area contributed by atoms with E-state index in [1.165, 1.54) is 44.1 Å². The molecule has 1 aromatic heterocycles. The molecule has 0 atom stereocenters. The summed E-state index contributed by atoms with van der Waals surface area (Å²) in [5.41, 5.74) is 1.62. The molecule has 3 aromatic rings. The second kappa shape index (κ2) is 8.48. The smallest absolute Gasteiger partial charge is 0.242 e. The van der Waals surface area contributed by atoms with Gasteiger partial charge in [-0.25, -0.2) is 22.1 Å². The number of anilines is 1. The van der Waals surface area contributed by atoms with E-state index in [1.807, 2.05) is 6.92 Å². The summed E-state index contributed by atoms with van der Waals surface area (Å²) in [6.07, 6.45) is 0. The van der Waals surface area contributed by atoms with Crippen molar-refractivity contribution < 1.29 is 17.6 Å². The third-order valence-corrected chi connectivity index (χ3v) is 6.96. The van der Waals surface area contributed by atoms with E-state index in [1.54, 1.807) is 30.3 Å². The highest BCUT2D eigenvalue weighted by Crippen LogP contribution is 2.27. The number of thioether (sulfide) groups is 1. The monoisotopic (exact) mass is 433 g/mol. The normalized spacial score (nSPS) is 11.8. The summed E-state index contributed by atoms with van der Waals surface area (Å²) in [6, 6.07) is 12.5. The van der Waals surface area contributed by atoms with Crippen molar-refractivity contribution in [3.05, 3.63) is 59.9 Å². The van der Waals surface area contributed by atoms with E-state index < -0.39 is 15.8 Å². The van der Waals surface area contributed by atoms with Crippen LogP contribution in [0.5, 0.6) is 0 Å². The Labute approximate surface area is 173 Å². The summed E-state index contributed by atoms with van der Waals surface area (Å²) in [7, 11) is -0.567. The number of para-hydroxylation sites is 1. The van der Waals surface area contributed by atoms with Crippen molar-refractivity contribution in [1.82, 2.24) is 9.29 Å². The van der Waals surface area contributed by atoms with Gasteiger partial charge in [-0.05, 0) is 48.9 Å². The van der Waals surface area contributed by atoms with Gasteiger partial charge in [0.05, 0.1) is 26.9 Å². The zero-order valence-corrected chi connectivity index (χ0v) is 17.8. The molecular formula is C20H20FN3O3S2. The number of hydrogen-bond donors (Lipinski definition) is 1. The van der Waals surface area contributed by atoms with Gasteiger partial charge in [-0.1, -0.05) is 23.9 Å². The number of halogens is 1. The molecule has 9 heteroatoms. The predicted octanol–water partition coefficient (Wildman–Crippen LogP) is 3.66. The lowest BCUT2D eigenvalue weighted by Gasteiger charge is -2.13. The van der Waals surface area contributed by atoms with Crippen LogP contribution in [0.25, 0.3) is 10.9 Å². The average molecular weight is 434 g/mol. The first-order valence-corrected chi connectivity index (χ1v) is 11.1. The fraction of sp³-hybridized carbons (Fsp3) is 0.200. The third kappa shape index (κ3) is 4.75. The number of carbonyl (C=O) groups is 1. The van der Waals surface area contributed by atoms with Gasteiger partial charge in [0.15, 0.2) is 0 Å². The molecule has 0 unspecified atom stereocenters. The summed E-state index contributed by atoms with van der Waals surface area (Å²) >= 11 is 1.23. The molecule has 0 aliphatic carbocycles. The standard InChI is InChI=1S/C20H20FN3O3S2/c1-13-10-20(28-12-19(25)22-18-7-5-4-6-16(18)21)23-17-9-8-14(11-15(13)17)29(26,27)24(2)3/h4-11H,12H2,1-3H3,(H,22,25). The fourth-order valence-corrected chi connectivity index (χ4v) is 4.38. The molecule has 0 fully saturated rings. The van der Waals surface area contributed by atoms with Crippen LogP contribution in [-0.4, -0.2) is 43.5 Å². The van der Waals surface area contributed by atoms with Gasteiger partial charge in [0.25, 0.3) is 0 Å². The highest BCUT2D eigenvalue weighted by Gasteiger charge is 2.18. The molecule has 6 nitrogen and oxygen atoms in total. The van der Waals surface area contributed by atoms with Crippen molar-refractivity contribution in [3.8, 4) is 0 Å². The molecule has 29 heavy (non-hydrogen) atoms. The van der Waals surface area contributed by atoms with Crippen LogP contribution in [0.3, 0.4) is 0 Å². The highest BCUT2D eigenvalue weighted by atomic mass is 32.2. The molecule has 1 amide bonds. The van der Waals surface area contributed by atoms with Gasteiger partial charge in [-0.2, -0.15) is 0 Å². The van der Waals surface area contributed by atoms with Gasteiger partial charge >= 0.3 is 0 Å². The van der Waals surface area contributed by atoms with Crippen molar-refractivity contribution in [1.29, 1.82) is 0 Å². The molecule has 0 bridgehead atoms. The molecule has 2 aromatic carbocycles. The van der Waals surface area contributed by atoms with Crippen LogP contribution in [0.1, 0.15) is 5.56 Å². The number of sulfonamides is 1. The first kappa shape index (κ1) is 21.2. The Balaban J connectivity index is 1.77.